The van der Waals surface area contributed by atoms with Gasteiger partial charge in [-0.1, -0.05) is 72.8 Å². The van der Waals surface area contributed by atoms with Crippen molar-refractivity contribution in [3.63, 3.8) is 0 Å². The Balaban J connectivity index is 1.64. The lowest BCUT2D eigenvalue weighted by molar-refractivity contribution is -0.115. The van der Waals surface area contributed by atoms with Gasteiger partial charge in [0.1, 0.15) is 0 Å². The molecule has 0 aliphatic rings. The second-order valence-corrected chi connectivity index (χ2v) is 5.46. The summed E-state index contributed by atoms with van der Waals surface area (Å²) in [6.45, 7) is 0. The Labute approximate surface area is 141 Å². The number of hydrogen-bond donors (Lipinski definition) is 1. The minimum Gasteiger partial charge on any atom is -0.326 e. The topological polar surface area (TPSA) is 46.2 Å². The molecule has 0 heterocycles. The van der Waals surface area contributed by atoms with Gasteiger partial charge in [0.15, 0.2) is 5.78 Å². The molecule has 0 unspecified atom stereocenters. The van der Waals surface area contributed by atoms with Gasteiger partial charge in [-0.25, -0.2) is 0 Å². The Kier molecular flexibility index (Phi) is 4.82. The molecule has 0 fully saturated rings. The third kappa shape index (κ3) is 3.96. The Morgan fingerprint density at radius 1 is 0.667 bits per heavy atom. The summed E-state index contributed by atoms with van der Waals surface area (Å²) in [5, 5.41) is 2.72. The summed E-state index contributed by atoms with van der Waals surface area (Å²) in [5.41, 5.74) is 3.37. The Morgan fingerprint density at radius 2 is 1.21 bits per heavy atom. The van der Waals surface area contributed by atoms with E-state index in [9.17, 15) is 9.59 Å². The summed E-state index contributed by atoms with van der Waals surface area (Å²) in [6, 6.07) is 26.4. The van der Waals surface area contributed by atoms with Crippen LogP contribution in [0.25, 0.3) is 11.1 Å². The highest BCUT2D eigenvalue weighted by Gasteiger charge is 2.12. The van der Waals surface area contributed by atoms with Crippen LogP contribution in [-0.2, 0) is 4.79 Å². The maximum Gasteiger partial charge on any atom is 0.232 e. The van der Waals surface area contributed by atoms with E-state index >= 15 is 0 Å². The van der Waals surface area contributed by atoms with Crippen LogP contribution in [0.2, 0.25) is 0 Å². The first-order valence-electron chi connectivity index (χ1n) is 7.76. The first-order valence-corrected chi connectivity index (χ1v) is 7.76. The molecule has 0 aliphatic heterocycles. The third-order valence-corrected chi connectivity index (χ3v) is 3.69. The van der Waals surface area contributed by atoms with Crippen molar-refractivity contribution in [3.8, 4) is 11.1 Å². The first kappa shape index (κ1) is 15.7. The molecule has 1 N–H and O–H groups in total. The van der Waals surface area contributed by atoms with Gasteiger partial charge < -0.3 is 5.32 Å². The fourth-order valence-electron chi connectivity index (χ4n) is 2.45. The number of carbonyl (C=O) groups is 2. The molecule has 3 aromatic rings. The molecule has 0 aliphatic carbocycles. The number of hydrogen-bond acceptors (Lipinski definition) is 2. The van der Waals surface area contributed by atoms with Crippen molar-refractivity contribution in [1.82, 2.24) is 0 Å². The monoisotopic (exact) mass is 315 g/mol. The number of anilines is 1. The highest BCUT2D eigenvalue weighted by Crippen LogP contribution is 2.19. The number of rotatable bonds is 5. The largest absolute Gasteiger partial charge is 0.326 e. The zero-order chi connectivity index (χ0) is 16.8. The molecule has 0 saturated heterocycles. The van der Waals surface area contributed by atoms with Crippen LogP contribution >= 0.6 is 0 Å². The molecule has 118 valence electrons. The molecule has 3 aromatic carbocycles. The summed E-state index contributed by atoms with van der Waals surface area (Å²) < 4.78 is 0. The van der Waals surface area contributed by atoms with Crippen molar-refractivity contribution in [1.29, 1.82) is 0 Å². The van der Waals surface area contributed by atoms with Crippen molar-refractivity contribution >= 4 is 17.4 Å². The van der Waals surface area contributed by atoms with E-state index in [0.717, 1.165) is 11.1 Å². The molecule has 0 bridgehead atoms. The van der Waals surface area contributed by atoms with Crippen molar-refractivity contribution in [3.05, 3.63) is 90.5 Å². The molecular formula is C21H17NO2. The van der Waals surface area contributed by atoms with Crippen LogP contribution in [0.4, 0.5) is 5.69 Å². The first-order chi connectivity index (χ1) is 11.7. The molecule has 24 heavy (non-hydrogen) atoms. The van der Waals surface area contributed by atoms with Gasteiger partial charge in [0.05, 0.1) is 6.42 Å². The molecule has 0 atom stereocenters. The van der Waals surface area contributed by atoms with E-state index in [1.54, 1.807) is 24.3 Å². The summed E-state index contributed by atoms with van der Waals surface area (Å²) in [6.07, 6.45) is -0.167. The molecule has 3 nitrogen and oxygen atoms in total. The van der Waals surface area contributed by atoms with Crippen LogP contribution in [0.15, 0.2) is 84.9 Å². The maximum absolute atomic E-state index is 12.2. The van der Waals surface area contributed by atoms with Gasteiger partial charge in [-0.2, -0.15) is 0 Å². The Bertz CT molecular complexity index is 825. The smallest absolute Gasteiger partial charge is 0.232 e. The standard InChI is InChI=1S/C21H17NO2/c23-20(15-21(24)22-19-9-5-2-6-10-19)18-13-11-17(12-14-18)16-7-3-1-4-8-16/h1-14H,15H2,(H,22,24). The molecule has 0 radical (unpaired) electrons. The van der Waals surface area contributed by atoms with Crippen molar-refractivity contribution in [2.24, 2.45) is 0 Å². The van der Waals surface area contributed by atoms with Crippen LogP contribution in [0.5, 0.6) is 0 Å². The average molecular weight is 315 g/mol. The summed E-state index contributed by atoms with van der Waals surface area (Å²) in [7, 11) is 0. The summed E-state index contributed by atoms with van der Waals surface area (Å²) in [5.74, 6) is -0.499. The van der Waals surface area contributed by atoms with E-state index in [0.29, 0.717) is 11.3 Å². The van der Waals surface area contributed by atoms with Crippen LogP contribution in [0, 0.1) is 0 Å². The van der Waals surface area contributed by atoms with E-state index in [2.05, 4.69) is 5.32 Å². The van der Waals surface area contributed by atoms with E-state index in [1.165, 1.54) is 0 Å². The number of carbonyl (C=O) groups excluding carboxylic acids is 2. The van der Waals surface area contributed by atoms with Crippen LogP contribution in [0.3, 0.4) is 0 Å². The average Bonchev–Trinajstić information content (AvgIpc) is 2.63. The van der Waals surface area contributed by atoms with Crippen LogP contribution in [-0.4, -0.2) is 11.7 Å². The van der Waals surface area contributed by atoms with Crippen LogP contribution < -0.4 is 5.32 Å². The van der Waals surface area contributed by atoms with Gasteiger partial charge in [-0.3, -0.25) is 9.59 Å². The van der Waals surface area contributed by atoms with Gasteiger partial charge in [-0.05, 0) is 23.3 Å². The van der Waals surface area contributed by atoms with E-state index < -0.39 is 0 Å². The highest BCUT2D eigenvalue weighted by molar-refractivity contribution is 6.11. The molecule has 0 spiro atoms. The van der Waals surface area contributed by atoms with Gasteiger partial charge in [0.25, 0.3) is 0 Å². The fraction of sp³-hybridized carbons (Fsp3) is 0.0476. The SMILES string of the molecule is O=C(CC(=O)c1ccc(-c2ccccc2)cc1)Nc1ccccc1. The van der Waals surface area contributed by atoms with Crippen molar-refractivity contribution in [2.75, 3.05) is 5.32 Å². The van der Waals surface area contributed by atoms with Gasteiger partial charge in [0.2, 0.25) is 5.91 Å². The molecular weight excluding hydrogens is 298 g/mol. The Hall–Kier alpha value is -3.20. The number of Topliss-reactive ketones (excluding diaryl/α,β-unsaturated/α-hetero) is 1. The zero-order valence-electron chi connectivity index (χ0n) is 13.1. The van der Waals surface area contributed by atoms with E-state index in [1.807, 2.05) is 60.7 Å². The van der Waals surface area contributed by atoms with Crippen molar-refractivity contribution in [2.45, 2.75) is 6.42 Å². The van der Waals surface area contributed by atoms with Gasteiger partial charge in [0, 0.05) is 11.3 Å². The number of benzene rings is 3. The number of amides is 1. The van der Waals surface area contributed by atoms with Crippen LogP contribution in [0.1, 0.15) is 16.8 Å². The van der Waals surface area contributed by atoms with E-state index in [-0.39, 0.29) is 18.1 Å². The minimum atomic E-state index is -0.307. The molecule has 1 amide bonds. The highest BCUT2D eigenvalue weighted by atomic mass is 16.2. The minimum absolute atomic E-state index is 0.167. The third-order valence-electron chi connectivity index (χ3n) is 3.69. The summed E-state index contributed by atoms with van der Waals surface area (Å²) in [4.78, 5) is 24.2. The molecule has 3 heteroatoms. The van der Waals surface area contributed by atoms with E-state index in [4.69, 9.17) is 0 Å². The number of ketones is 1. The summed E-state index contributed by atoms with van der Waals surface area (Å²) >= 11 is 0. The second kappa shape index (κ2) is 7.38. The quantitative estimate of drug-likeness (QED) is 0.554. The number of nitrogens with one attached hydrogen (secondary N) is 1. The predicted molar refractivity (Wildman–Crippen MR) is 95.9 cm³/mol. The zero-order valence-corrected chi connectivity index (χ0v) is 13.1. The molecule has 0 saturated carbocycles. The lowest BCUT2D eigenvalue weighted by atomic mass is 10.0. The van der Waals surface area contributed by atoms with Gasteiger partial charge >= 0.3 is 0 Å². The molecule has 0 aromatic heterocycles. The van der Waals surface area contributed by atoms with Gasteiger partial charge in [-0.15, -0.1) is 0 Å². The number of para-hydroxylation sites is 1. The maximum atomic E-state index is 12.2. The molecule has 3 rings (SSSR count). The lowest BCUT2D eigenvalue weighted by Crippen LogP contribution is -2.16. The van der Waals surface area contributed by atoms with Crippen molar-refractivity contribution < 1.29 is 9.59 Å². The predicted octanol–water partition coefficient (Wildman–Crippen LogP) is 4.57. The lowest BCUT2D eigenvalue weighted by Gasteiger charge is -2.06. The normalized spacial score (nSPS) is 10.2. The Morgan fingerprint density at radius 3 is 1.83 bits per heavy atom. The second-order valence-electron chi connectivity index (χ2n) is 5.46. The fourth-order valence-corrected chi connectivity index (χ4v) is 2.45.